The molecule has 0 fully saturated rings. The van der Waals surface area contributed by atoms with Gasteiger partial charge in [-0.3, -0.25) is 0 Å². The fraction of sp³-hybridized carbons (Fsp3) is 0.500. The minimum Gasteiger partial charge on any atom is -0.493 e. The van der Waals surface area contributed by atoms with E-state index in [2.05, 4.69) is 6.92 Å². The van der Waals surface area contributed by atoms with Gasteiger partial charge in [-0.15, -0.1) is 0 Å². The predicted octanol–water partition coefficient (Wildman–Crippen LogP) is 1.98. The second-order valence-corrected chi connectivity index (χ2v) is 3.53. The third kappa shape index (κ3) is 2.86. The summed E-state index contributed by atoms with van der Waals surface area (Å²) in [5, 5.41) is 0. The highest BCUT2D eigenvalue weighted by Crippen LogP contribution is 2.31. The molecule has 3 heteroatoms. The summed E-state index contributed by atoms with van der Waals surface area (Å²) >= 11 is 0. The van der Waals surface area contributed by atoms with E-state index in [0.717, 1.165) is 29.9 Å². The van der Waals surface area contributed by atoms with E-state index in [-0.39, 0.29) is 6.04 Å². The van der Waals surface area contributed by atoms with Crippen molar-refractivity contribution < 1.29 is 9.47 Å². The summed E-state index contributed by atoms with van der Waals surface area (Å²) in [6, 6.07) is 6.04. The molecule has 0 bridgehead atoms. The van der Waals surface area contributed by atoms with Crippen LogP contribution in [0.4, 0.5) is 0 Å². The van der Waals surface area contributed by atoms with Gasteiger partial charge in [-0.25, -0.2) is 0 Å². The lowest BCUT2D eigenvalue weighted by molar-refractivity contribution is 0.350. The highest BCUT2D eigenvalue weighted by atomic mass is 16.5. The van der Waals surface area contributed by atoms with Gasteiger partial charge in [0.1, 0.15) is 0 Å². The molecule has 0 saturated heterocycles. The lowest BCUT2D eigenvalue weighted by Gasteiger charge is -2.14. The van der Waals surface area contributed by atoms with Crippen LogP contribution in [0.15, 0.2) is 18.2 Å². The molecular weight excluding hydrogens is 190 g/mol. The molecular formula is C12H19NO2. The van der Waals surface area contributed by atoms with E-state index < -0.39 is 0 Å². The lowest BCUT2D eigenvalue weighted by atomic mass is 10.0. The molecule has 1 aromatic carbocycles. The Labute approximate surface area is 91.2 Å². The van der Waals surface area contributed by atoms with Gasteiger partial charge in [-0.1, -0.05) is 19.1 Å². The second-order valence-electron chi connectivity index (χ2n) is 3.53. The topological polar surface area (TPSA) is 44.5 Å². The highest BCUT2D eigenvalue weighted by molar-refractivity contribution is 5.46. The SMILES string of the molecule is CCC(N)Cc1cccc(OC)c1OC. The van der Waals surface area contributed by atoms with Gasteiger partial charge < -0.3 is 15.2 Å². The van der Waals surface area contributed by atoms with Crippen molar-refractivity contribution in [2.24, 2.45) is 5.73 Å². The minimum atomic E-state index is 0.172. The van der Waals surface area contributed by atoms with Crippen molar-refractivity contribution >= 4 is 0 Å². The van der Waals surface area contributed by atoms with E-state index >= 15 is 0 Å². The standard InChI is InChI=1S/C12H19NO2/c1-4-10(13)8-9-6-5-7-11(14-2)12(9)15-3/h5-7,10H,4,8,13H2,1-3H3. The smallest absolute Gasteiger partial charge is 0.163 e. The van der Waals surface area contributed by atoms with Crippen molar-refractivity contribution in [1.29, 1.82) is 0 Å². The van der Waals surface area contributed by atoms with Crippen LogP contribution in [0.3, 0.4) is 0 Å². The highest BCUT2D eigenvalue weighted by Gasteiger charge is 2.11. The van der Waals surface area contributed by atoms with Crippen LogP contribution < -0.4 is 15.2 Å². The fourth-order valence-corrected chi connectivity index (χ4v) is 1.54. The molecule has 1 rings (SSSR count). The Kier molecular flexibility index (Phi) is 4.43. The molecule has 2 N–H and O–H groups in total. The Morgan fingerprint density at radius 2 is 2.00 bits per heavy atom. The summed E-state index contributed by atoms with van der Waals surface area (Å²) in [6.07, 6.45) is 1.78. The molecule has 0 aliphatic heterocycles. The van der Waals surface area contributed by atoms with Crippen LogP contribution in [0.5, 0.6) is 11.5 Å². The maximum absolute atomic E-state index is 5.92. The summed E-state index contributed by atoms with van der Waals surface area (Å²) in [4.78, 5) is 0. The molecule has 3 nitrogen and oxygen atoms in total. The van der Waals surface area contributed by atoms with Crippen molar-refractivity contribution in [3.05, 3.63) is 23.8 Å². The number of rotatable bonds is 5. The van der Waals surface area contributed by atoms with E-state index in [9.17, 15) is 0 Å². The first kappa shape index (κ1) is 11.9. The molecule has 0 amide bonds. The summed E-state index contributed by atoms with van der Waals surface area (Å²) in [5.74, 6) is 1.56. The van der Waals surface area contributed by atoms with Crippen LogP contribution in [0.25, 0.3) is 0 Å². The second kappa shape index (κ2) is 5.61. The van der Waals surface area contributed by atoms with Crippen LogP contribution >= 0.6 is 0 Å². The Balaban J connectivity index is 2.95. The summed E-state index contributed by atoms with van der Waals surface area (Å²) in [7, 11) is 3.29. The average molecular weight is 209 g/mol. The van der Waals surface area contributed by atoms with Crippen molar-refractivity contribution in [3.63, 3.8) is 0 Å². The number of methoxy groups -OCH3 is 2. The summed E-state index contributed by atoms with van der Waals surface area (Å²) in [6.45, 7) is 2.08. The molecule has 0 radical (unpaired) electrons. The van der Waals surface area contributed by atoms with E-state index in [1.807, 2.05) is 18.2 Å². The van der Waals surface area contributed by atoms with Gasteiger partial charge in [0.25, 0.3) is 0 Å². The van der Waals surface area contributed by atoms with Crippen molar-refractivity contribution in [2.75, 3.05) is 14.2 Å². The molecule has 1 aromatic rings. The van der Waals surface area contributed by atoms with Crippen LogP contribution in [-0.4, -0.2) is 20.3 Å². The first-order valence-corrected chi connectivity index (χ1v) is 5.18. The minimum absolute atomic E-state index is 0.172. The quantitative estimate of drug-likeness (QED) is 0.806. The molecule has 0 spiro atoms. The zero-order valence-electron chi connectivity index (χ0n) is 9.62. The van der Waals surface area contributed by atoms with E-state index in [1.54, 1.807) is 14.2 Å². The maximum atomic E-state index is 5.92. The van der Waals surface area contributed by atoms with Crippen LogP contribution in [0.1, 0.15) is 18.9 Å². The molecule has 15 heavy (non-hydrogen) atoms. The van der Waals surface area contributed by atoms with Gasteiger partial charge in [0.05, 0.1) is 14.2 Å². The van der Waals surface area contributed by atoms with Crippen molar-refractivity contribution in [2.45, 2.75) is 25.8 Å². The van der Waals surface area contributed by atoms with E-state index in [0.29, 0.717) is 0 Å². The Morgan fingerprint density at radius 1 is 1.27 bits per heavy atom. The Bertz CT molecular complexity index is 312. The van der Waals surface area contributed by atoms with Gasteiger partial charge in [0.15, 0.2) is 11.5 Å². The fourth-order valence-electron chi connectivity index (χ4n) is 1.54. The zero-order valence-corrected chi connectivity index (χ0v) is 9.62. The first-order valence-electron chi connectivity index (χ1n) is 5.18. The lowest BCUT2D eigenvalue weighted by Crippen LogP contribution is -2.21. The van der Waals surface area contributed by atoms with Crippen LogP contribution in [0.2, 0.25) is 0 Å². The van der Waals surface area contributed by atoms with Gasteiger partial charge in [-0.05, 0) is 24.5 Å². The maximum Gasteiger partial charge on any atom is 0.163 e. The first-order chi connectivity index (χ1) is 7.22. The molecule has 1 atom stereocenters. The number of benzene rings is 1. The number of hydrogen-bond donors (Lipinski definition) is 1. The third-order valence-electron chi connectivity index (χ3n) is 2.49. The molecule has 0 heterocycles. The van der Waals surface area contributed by atoms with Crippen LogP contribution in [-0.2, 0) is 6.42 Å². The van der Waals surface area contributed by atoms with E-state index in [1.165, 1.54) is 0 Å². The van der Waals surface area contributed by atoms with Gasteiger partial charge in [0.2, 0.25) is 0 Å². The number of para-hydroxylation sites is 1. The van der Waals surface area contributed by atoms with Gasteiger partial charge in [-0.2, -0.15) is 0 Å². The number of nitrogens with two attached hydrogens (primary N) is 1. The number of hydrogen-bond acceptors (Lipinski definition) is 3. The Hall–Kier alpha value is -1.22. The molecule has 1 unspecified atom stereocenters. The van der Waals surface area contributed by atoms with Crippen molar-refractivity contribution in [1.82, 2.24) is 0 Å². The van der Waals surface area contributed by atoms with Gasteiger partial charge >= 0.3 is 0 Å². The predicted molar refractivity (Wildman–Crippen MR) is 61.5 cm³/mol. The summed E-state index contributed by atoms with van der Waals surface area (Å²) < 4.78 is 10.6. The van der Waals surface area contributed by atoms with E-state index in [4.69, 9.17) is 15.2 Å². The van der Waals surface area contributed by atoms with Crippen molar-refractivity contribution in [3.8, 4) is 11.5 Å². The summed E-state index contributed by atoms with van der Waals surface area (Å²) in [5.41, 5.74) is 7.03. The molecule has 0 aliphatic rings. The molecule has 84 valence electrons. The molecule has 0 aromatic heterocycles. The molecule has 0 saturated carbocycles. The monoisotopic (exact) mass is 209 g/mol. The van der Waals surface area contributed by atoms with Gasteiger partial charge in [0, 0.05) is 6.04 Å². The normalized spacial score (nSPS) is 12.3. The van der Waals surface area contributed by atoms with Crippen LogP contribution in [0, 0.1) is 0 Å². The Morgan fingerprint density at radius 3 is 2.53 bits per heavy atom. The largest absolute Gasteiger partial charge is 0.493 e. The zero-order chi connectivity index (χ0) is 11.3. The molecule has 0 aliphatic carbocycles. The average Bonchev–Trinajstić information content (AvgIpc) is 2.28. The third-order valence-corrected chi connectivity index (χ3v) is 2.49. The number of ether oxygens (including phenoxy) is 2.